The number of anilines is 1. The number of para-hydroxylation sites is 1. The Balaban J connectivity index is 1.70. The summed E-state index contributed by atoms with van der Waals surface area (Å²) in [6.07, 6.45) is 4.16. The van der Waals surface area contributed by atoms with Gasteiger partial charge in [0.15, 0.2) is 0 Å². The Morgan fingerprint density at radius 2 is 1.90 bits per heavy atom. The first-order chi connectivity index (χ1) is 9.78. The monoisotopic (exact) mass is 263 g/mol. The largest absolute Gasteiger partial charge is 0.368 e. The molecule has 3 rings (SSSR count). The SMILES string of the molecule is C=Cc1ccc(CCN2c3ccccc3CC2C)cc1. The van der Waals surface area contributed by atoms with E-state index in [1.54, 1.807) is 0 Å². The maximum atomic E-state index is 3.80. The van der Waals surface area contributed by atoms with Crippen LogP contribution in [0, 0.1) is 0 Å². The van der Waals surface area contributed by atoms with Gasteiger partial charge in [-0.3, -0.25) is 0 Å². The van der Waals surface area contributed by atoms with Crippen molar-refractivity contribution in [3.8, 4) is 0 Å². The number of rotatable bonds is 4. The summed E-state index contributed by atoms with van der Waals surface area (Å²) in [6, 6.07) is 18.1. The van der Waals surface area contributed by atoms with Crippen LogP contribution in [0.1, 0.15) is 23.6 Å². The summed E-state index contributed by atoms with van der Waals surface area (Å²) in [4.78, 5) is 2.54. The van der Waals surface area contributed by atoms with Crippen molar-refractivity contribution >= 4 is 11.8 Å². The molecular weight excluding hydrogens is 242 g/mol. The zero-order chi connectivity index (χ0) is 13.9. The van der Waals surface area contributed by atoms with Crippen LogP contribution in [0.25, 0.3) is 6.08 Å². The zero-order valence-electron chi connectivity index (χ0n) is 12.0. The first kappa shape index (κ1) is 13.0. The van der Waals surface area contributed by atoms with Crippen LogP contribution in [-0.4, -0.2) is 12.6 Å². The third kappa shape index (κ3) is 2.49. The van der Waals surface area contributed by atoms with Gasteiger partial charge in [0, 0.05) is 18.3 Å². The van der Waals surface area contributed by atoms with E-state index >= 15 is 0 Å². The Kier molecular flexibility index (Phi) is 3.60. The molecule has 20 heavy (non-hydrogen) atoms. The van der Waals surface area contributed by atoms with E-state index in [1.807, 2.05) is 6.08 Å². The highest BCUT2D eigenvalue weighted by molar-refractivity contribution is 5.59. The van der Waals surface area contributed by atoms with Crippen LogP contribution in [0.5, 0.6) is 0 Å². The molecule has 102 valence electrons. The fraction of sp³-hybridized carbons (Fsp3) is 0.263. The summed E-state index contributed by atoms with van der Waals surface area (Å²) in [5.74, 6) is 0. The topological polar surface area (TPSA) is 3.24 Å². The van der Waals surface area contributed by atoms with Crippen LogP contribution in [0.2, 0.25) is 0 Å². The lowest BCUT2D eigenvalue weighted by Crippen LogP contribution is -2.31. The number of hydrogen-bond acceptors (Lipinski definition) is 1. The van der Waals surface area contributed by atoms with E-state index < -0.39 is 0 Å². The van der Waals surface area contributed by atoms with Crippen molar-refractivity contribution in [1.82, 2.24) is 0 Å². The molecule has 0 fully saturated rings. The Morgan fingerprint density at radius 3 is 2.65 bits per heavy atom. The summed E-state index contributed by atoms with van der Waals surface area (Å²) < 4.78 is 0. The molecule has 1 atom stereocenters. The van der Waals surface area contributed by atoms with E-state index in [-0.39, 0.29) is 0 Å². The van der Waals surface area contributed by atoms with E-state index in [0.717, 1.165) is 13.0 Å². The van der Waals surface area contributed by atoms with Gasteiger partial charge in [0.2, 0.25) is 0 Å². The van der Waals surface area contributed by atoms with Crippen LogP contribution in [0.4, 0.5) is 5.69 Å². The van der Waals surface area contributed by atoms with Gasteiger partial charge in [-0.25, -0.2) is 0 Å². The van der Waals surface area contributed by atoms with Gasteiger partial charge < -0.3 is 4.90 Å². The minimum absolute atomic E-state index is 0.611. The Bertz CT molecular complexity index is 597. The van der Waals surface area contributed by atoms with E-state index in [4.69, 9.17) is 0 Å². The zero-order valence-corrected chi connectivity index (χ0v) is 12.0. The Hall–Kier alpha value is -2.02. The fourth-order valence-corrected chi connectivity index (χ4v) is 3.04. The molecule has 0 spiro atoms. The van der Waals surface area contributed by atoms with E-state index in [2.05, 4.69) is 66.9 Å². The van der Waals surface area contributed by atoms with Gasteiger partial charge in [-0.1, -0.05) is 55.1 Å². The van der Waals surface area contributed by atoms with Gasteiger partial charge in [0.25, 0.3) is 0 Å². The molecule has 0 amide bonds. The summed E-state index contributed by atoms with van der Waals surface area (Å²) in [5.41, 5.74) is 5.49. The number of nitrogens with zero attached hydrogens (tertiary/aromatic N) is 1. The molecular formula is C19H21N. The minimum Gasteiger partial charge on any atom is -0.368 e. The highest BCUT2D eigenvalue weighted by atomic mass is 15.2. The predicted molar refractivity (Wildman–Crippen MR) is 87.2 cm³/mol. The number of fused-ring (bicyclic) bond motifs is 1. The molecule has 0 bridgehead atoms. The third-order valence-corrected chi connectivity index (χ3v) is 4.21. The van der Waals surface area contributed by atoms with Crippen molar-refractivity contribution in [1.29, 1.82) is 0 Å². The van der Waals surface area contributed by atoms with Gasteiger partial charge in [-0.2, -0.15) is 0 Å². The van der Waals surface area contributed by atoms with E-state index in [9.17, 15) is 0 Å². The van der Waals surface area contributed by atoms with Crippen molar-refractivity contribution in [2.24, 2.45) is 0 Å². The quantitative estimate of drug-likeness (QED) is 0.794. The first-order valence-corrected chi connectivity index (χ1v) is 7.34. The van der Waals surface area contributed by atoms with Crippen molar-refractivity contribution in [2.75, 3.05) is 11.4 Å². The summed E-state index contributed by atoms with van der Waals surface area (Å²) in [7, 11) is 0. The molecule has 0 aliphatic carbocycles. The smallest absolute Gasteiger partial charge is 0.0402 e. The third-order valence-electron chi connectivity index (χ3n) is 4.21. The highest BCUT2D eigenvalue weighted by Crippen LogP contribution is 2.31. The second kappa shape index (κ2) is 5.54. The molecule has 1 heterocycles. The molecule has 1 unspecified atom stereocenters. The fourth-order valence-electron chi connectivity index (χ4n) is 3.04. The van der Waals surface area contributed by atoms with Crippen molar-refractivity contribution in [3.63, 3.8) is 0 Å². The van der Waals surface area contributed by atoms with Gasteiger partial charge in [-0.05, 0) is 42.5 Å². The normalized spacial score (nSPS) is 17.1. The minimum atomic E-state index is 0.611. The van der Waals surface area contributed by atoms with Crippen molar-refractivity contribution in [2.45, 2.75) is 25.8 Å². The average molecular weight is 263 g/mol. The molecule has 2 aromatic rings. The summed E-state index contributed by atoms with van der Waals surface area (Å²) >= 11 is 0. The molecule has 1 aliphatic rings. The van der Waals surface area contributed by atoms with Crippen molar-refractivity contribution < 1.29 is 0 Å². The van der Waals surface area contributed by atoms with E-state index in [1.165, 1.54) is 28.8 Å². The maximum Gasteiger partial charge on any atom is 0.0402 e. The van der Waals surface area contributed by atoms with Crippen molar-refractivity contribution in [3.05, 3.63) is 71.8 Å². The first-order valence-electron chi connectivity index (χ1n) is 7.34. The van der Waals surface area contributed by atoms with Crippen LogP contribution in [0.15, 0.2) is 55.1 Å². The molecule has 0 saturated heterocycles. The summed E-state index contributed by atoms with van der Waals surface area (Å²) in [6.45, 7) is 7.21. The molecule has 0 aromatic heterocycles. The lowest BCUT2D eigenvalue weighted by atomic mass is 10.1. The number of benzene rings is 2. The second-order valence-corrected chi connectivity index (χ2v) is 5.57. The molecule has 1 nitrogen and oxygen atoms in total. The van der Waals surface area contributed by atoms with Crippen LogP contribution < -0.4 is 4.90 Å². The standard InChI is InChI=1S/C19H21N/c1-3-16-8-10-17(11-9-16)12-13-20-15(2)14-18-6-4-5-7-19(18)20/h3-11,15H,1,12-14H2,2H3. The molecule has 1 aliphatic heterocycles. The van der Waals surface area contributed by atoms with Gasteiger partial charge >= 0.3 is 0 Å². The summed E-state index contributed by atoms with van der Waals surface area (Å²) in [5, 5.41) is 0. The molecule has 0 radical (unpaired) electrons. The number of hydrogen-bond donors (Lipinski definition) is 0. The van der Waals surface area contributed by atoms with Gasteiger partial charge in [0.05, 0.1) is 0 Å². The molecule has 0 saturated carbocycles. The van der Waals surface area contributed by atoms with E-state index in [0.29, 0.717) is 6.04 Å². The Labute approximate surface area is 121 Å². The van der Waals surface area contributed by atoms with Gasteiger partial charge in [0.1, 0.15) is 0 Å². The van der Waals surface area contributed by atoms with Gasteiger partial charge in [-0.15, -0.1) is 0 Å². The van der Waals surface area contributed by atoms with Crippen LogP contribution >= 0.6 is 0 Å². The van der Waals surface area contributed by atoms with Crippen LogP contribution in [-0.2, 0) is 12.8 Å². The van der Waals surface area contributed by atoms with Crippen LogP contribution in [0.3, 0.4) is 0 Å². The maximum absolute atomic E-state index is 3.80. The lowest BCUT2D eigenvalue weighted by Gasteiger charge is -2.25. The molecule has 1 heteroatoms. The highest BCUT2D eigenvalue weighted by Gasteiger charge is 2.24. The Morgan fingerprint density at radius 1 is 1.15 bits per heavy atom. The lowest BCUT2D eigenvalue weighted by molar-refractivity contribution is 0.670. The predicted octanol–water partition coefficient (Wildman–Crippen LogP) is 4.32. The second-order valence-electron chi connectivity index (χ2n) is 5.57. The molecule has 2 aromatic carbocycles. The molecule has 0 N–H and O–H groups in total. The average Bonchev–Trinajstić information content (AvgIpc) is 2.81.